The second-order valence-electron chi connectivity index (χ2n) is 7.11. The molecule has 0 atom stereocenters. The molecule has 2 heterocycles. The molecule has 0 unspecified atom stereocenters. The van der Waals surface area contributed by atoms with Crippen molar-refractivity contribution in [1.82, 2.24) is 15.0 Å². The molecule has 0 N–H and O–H groups in total. The van der Waals surface area contributed by atoms with Crippen LogP contribution in [0.4, 0.5) is 17.6 Å². The fraction of sp³-hybridized carbons (Fsp3) is 0.286. The maximum absolute atomic E-state index is 13.1. The number of rotatable bonds is 3. The van der Waals surface area contributed by atoms with Gasteiger partial charge in [0.2, 0.25) is 11.7 Å². The summed E-state index contributed by atoms with van der Waals surface area (Å²) in [5.74, 6) is -0.0671. The number of amides is 1. The second kappa shape index (κ2) is 7.89. The molecule has 0 radical (unpaired) electrons. The Morgan fingerprint density at radius 1 is 1.07 bits per heavy atom. The van der Waals surface area contributed by atoms with Gasteiger partial charge in [-0.25, -0.2) is 4.39 Å². The topological polar surface area (TPSA) is 59.2 Å². The van der Waals surface area contributed by atoms with E-state index in [0.717, 1.165) is 12.1 Å². The van der Waals surface area contributed by atoms with Gasteiger partial charge in [0.05, 0.1) is 5.56 Å². The minimum absolute atomic E-state index is 0.0136. The van der Waals surface area contributed by atoms with Crippen LogP contribution < -0.4 is 0 Å². The fourth-order valence-electron chi connectivity index (χ4n) is 3.46. The molecular formula is C21H17F4N3O2. The number of hydrogen-bond donors (Lipinski definition) is 0. The lowest BCUT2D eigenvalue weighted by atomic mass is 9.96. The number of hydrogen-bond acceptors (Lipinski definition) is 4. The predicted octanol–water partition coefficient (Wildman–Crippen LogP) is 4.91. The molecule has 0 spiro atoms. The highest BCUT2D eigenvalue weighted by Crippen LogP contribution is 2.31. The summed E-state index contributed by atoms with van der Waals surface area (Å²) in [6.07, 6.45) is -3.39. The zero-order chi connectivity index (χ0) is 21.3. The number of nitrogens with zero attached hydrogens (tertiary/aromatic N) is 3. The van der Waals surface area contributed by atoms with Crippen LogP contribution in [0.5, 0.6) is 0 Å². The SMILES string of the molecule is O=C(c1cccc(C(F)(F)F)c1)N1CCC(c2nc(-c3ccc(F)cc3)no2)CC1. The van der Waals surface area contributed by atoms with Gasteiger partial charge < -0.3 is 9.42 Å². The standard InChI is InChI=1S/C21H17F4N3O2/c22-17-6-4-13(5-7-17)18-26-19(30-27-18)14-8-10-28(11-9-14)20(29)15-2-1-3-16(12-15)21(23,24)25/h1-7,12,14H,8-11H2. The van der Waals surface area contributed by atoms with Crippen LogP contribution in [0.15, 0.2) is 53.1 Å². The highest BCUT2D eigenvalue weighted by atomic mass is 19.4. The highest BCUT2D eigenvalue weighted by Gasteiger charge is 2.32. The van der Waals surface area contributed by atoms with Crippen molar-refractivity contribution in [3.05, 3.63) is 71.4 Å². The quantitative estimate of drug-likeness (QED) is 0.566. The van der Waals surface area contributed by atoms with Gasteiger partial charge in [0.1, 0.15) is 5.82 Å². The Balaban J connectivity index is 1.41. The van der Waals surface area contributed by atoms with E-state index in [1.165, 1.54) is 29.2 Å². The first-order valence-corrected chi connectivity index (χ1v) is 9.37. The zero-order valence-corrected chi connectivity index (χ0v) is 15.7. The summed E-state index contributed by atoms with van der Waals surface area (Å²) in [6.45, 7) is 0.738. The Morgan fingerprint density at radius 2 is 1.77 bits per heavy atom. The Bertz CT molecular complexity index is 1040. The van der Waals surface area contributed by atoms with Crippen LogP contribution in [0.3, 0.4) is 0 Å². The summed E-state index contributed by atoms with van der Waals surface area (Å²) in [6, 6.07) is 10.2. The van der Waals surface area contributed by atoms with Crippen LogP contribution >= 0.6 is 0 Å². The van der Waals surface area contributed by atoms with Crippen LogP contribution in [0.25, 0.3) is 11.4 Å². The summed E-state index contributed by atoms with van der Waals surface area (Å²) < 4.78 is 57.1. The molecule has 156 valence electrons. The molecule has 1 aliphatic rings. The van der Waals surface area contributed by atoms with Gasteiger partial charge in [0.25, 0.3) is 5.91 Å². The van der Waals surface area contributed by atoms with Crippen molar-refractivity contribution in [2.75, 3.05) is 13.1 Å². The van der Waals surface area contributed by atoms with Gasteiger partial charge in [0.15, 0.2) is 0 Å². The third-order valence-electron chi connectivity index (χ3n) is 5.11. The number of halogens is 4. The van der Waals surface area contributed by atoms with E-state index in [9.17, 15) is 22.4 Å². The number of alkyl halides is 3. The number of piperidine rings is 1. The Hall–Kier alpha value is -3.23. The number of likely N-dealkylation sites (tertiary alicyclic amines) is 1. The molecule has 1 aliphatic heterocycles. The lowest BCUT2D eigenvalue weighted by Gasteiger charge is -2.30. The monoisotopic (exact) mass is 419 g/mol. The summed E-state index contributed by atoms with van der Waals surface area (Å²) >= 11 is 0. The predicted molar refractivity (Wildman–Crippen MR) is 99.0 cm³/mol. The number of benzene rings is 2. The Labute approximate surface area is 169 Å². The molecule has 3 aromatic rings. The van der Waals surface area contributed by atoms with Crippen LogP contribution in [-0.2, 0) is 6.18 Å². The maximum Gasteiger partial charge on any atom is 0.416 e. The van der Waals surface area contributed by atoms with Gasteiger partial charge in [0, 0.05) is 30.1 Å². The molecule has 4 rings (SSSR count). The minimum Gasteiger partial charge on any atom is -0.339 e. The third-order valence-corrected chi connectivity index (χ3v) is 5.11. The summed E-state index contributed by atoms with van der Waals surface area (Å²) in [7, 11) is 0. The molecule has 2 aromatic carbocycles. The van der Waals surface area contributed by atoms with Crippen molar-refractivity contribution in [2.45, 2.75) is 24.9 Å². The van der Waals surface area contributed by atoms with Crippen LogP contribution in [0.2, 0.25) is 0 Å². The number of aromatic nitrogens is 2. The van der Waals surface area contributed by atoms with Crippen molar-refractivity contribution in [3.63, 3.8) is 0 Å². The molecule has 30 heavy (non-hydrogen) atoms. The molecule has 5 nitrogen and oxygen atoms in total. The van der Waals surface area contributed by atoms with Gasteiger partial charge >= 0.3 is 6.18 Å². The van der Waals surface area contributed by atoms with Crippen molar-refractivity contribution in [3.8, 4) is 11.4 Å². The average molecular weight is 419 g/mol. The number of carbonyl (C=O) groups excluding carboxylic acids is 1. The first kappa shape index (κ1) is 20.1. The van der Waals surface area contributed by atoms with E-state index in [1.54, 1.807) is 12.1 Å². The lowest BCUT2D eigenvalue weighted by molar-refractivity contribution is -0.137. The van der Waals surface area contributed by atoms with E-state index in [2.05, 4.69) is 10.1 Å². The van der Waals surface area contributed by atoms with E-state index < -0.39 is 17.6 Å². The first-order chi connectivity index (χ1) is 14.3. The molecule has 0 bridgehead atoms. The van der Waals surface area contributed by atoms with Crippen LogP contribution in [-0.4, -0.2) is 34.0 Å². The normalized spacial score (nSPS) is 15.4. The molecule has 1 fully saturated rings. The van der Waals surface area contributed by atoms with Crippen LogP contribution in [0, 0.1) is 5.82 Å². The highest BCUT2D eigenvalue weighted by molar-refractivity contribution is 5.94. The van der Waals surface area contributed by atoms with E-state index in [1.807, 2.05) is 0 Å². The van der Waals surface area contributed by atoms with Gasteiger partial charge in [-0.2, -0.15) is 18.2 Å². The van der Waals surface area contributed by atoms with E-state index in [0.29, 0.717) is 43.2 Å². The van der Waals surface area contributed by atoms with Crippen LogP contribution in [0.1, 0.15) is 40.6 Å². The fourth-order valence-corrected chi connectivity index (χ4v) is 3.46. The van der Waals surface area contributed by atoms with E-state index >= 15 is 0 Å². The molecule has 1 amide bonds. The van der Waals surface area contributed by atoms with E-state index in [-0.39, 0.29) is 17.3 Å². The minimum atomic E-state index is -4.50. The Morgan fingerprint density at radius 3 is 2.43 bits per heavy atom. The summed E-state index contributed by atoms with van der Waals surface area (Å²) in [4.78, 5) is 18.5. The smallest absolute Gasteiger partial charge is 0.339 e. The molecule has 1 aromatic heterocycles. The Kier molecular flexibility index (Phi) is 5.27. The maximum atomic E-state index is 13.1. The van der Waals surface area contributed by atoms with Gasteiger partial charge in [-0.1, -0.05) is 11.2 Å². The average Bonchev–Trinajstić information content (AvgIpc) is 3.24. The van der Waals surface area contributed by atoms with Gasteiger partial charge in [-0.3, -0.25) is 4.79 Å². The molecule has 1 saturated heterocycles. The van der Waals surface area contributed by atoms with Crippen molar-refractivity contribution in [2.24, 2.45) is 0 Å². The lowest BCUT2D eigenvalue weighted by Crippen LogP contribution is -2.38. The van der Waals surface area contributed by atoms with E-state index in [4.69, 9.17) is 4.52 Å². The molecule has 0 saturated carbocycles. The third kappa shape index (κ3) is 4.19. The van der Waals surface area contributed by atoms with Gasteiger partial charge in [-0.15, -0.1) is 0 Å². The second-order valence-corrected chi connectivity index (χ2v) is 7.11. The van der Waals surface area contributed by atoms with Crippen molar-refractivity contribution < 1.29 is 26.9 Å². The molecular weight excluding hydrogens is 402 g/mol. The largest absolute Gasteiger partial charge is 0.416 e. The van der Waals surface area contributed by atoms with Crippen molar-refractivity contribution in [1.29, 1.82) is 0 Å². The number of carbonyl (C=O) groups is 1. The molecule has 0 aliphatic carbocycles. The molecule has 9 heteroatoms. The summed E-state index contributed by atoms with van der Waals surface area (Å²) in [5.41, 5.74) is -0.203. The summed E-state index contributed by atoms with van der Waals surface area (Å²) in [5, 5.41) is 3.93. The first-order valence-electron chi connectivity index (χ1n) is 9.37. The zero-order valence-electron chi connectivity index (χ0n) is 15.7. The van der Waals surface area contributed by atoms with Gasteiger partial charge in [-0.05, 0) is 55.3 Å². The van der Waals surface area contributed by atoms with Crippen molar-refractivity contribution >= 4 is 5.91 Å².